The van der Waals surface area contributed by atoms with E-state index in [1.54, 1.807) is 18.3 Å². The van der Waals surface area contributed by atoms with Gasteiger partial charge in [0.05, 0.1) is 5.52 Å². The third-order valence-electron chi connectivity index (χ3n) is 2.27. The molecule has 0 aromatic carbocycles. The zero-order chi connectivity index (χ0) is 11.8. The average molecular weight is 264 g/mol. The molecule has 17 heavy (non-hydrogen) atoms. The van der Waals surface area contributed by atoms with Crippen molar-refractivity contribution in [3.8, 4) is 17.3 Å². The summed E-state index contributed by atoms with van der Waals surface area (Å²) in [5.41, 5.74) is 1.46. The van der Waals surface area contributed by atoms with Crippen molar-refractivity contribution in [1.82, 2.24) is 15.0 Å². The Hall–Kier alpha value is -1.72. The van der Waals surface area contributed by atoms with E-state index in [1.807, 2.05) is 11.4 Å². The van der Waals surface area contributed by atoms with Crippen molar-refractivity contribution in [2.24, 2.45) is 0 Å². The summed E-state index contributed by atoms with van der Waals surface area (Å²) in [4.78, 5) is 12.3. The lowest BCUT2D eigenvalue weighted by Crippen LogP contribution is -1.89. The third kappa shape index (κ3) is 1.83. The first-order valence-electron chi connectivity index (χ1n) is 4.80. The minimum atomic E-state index is -0.00654. The van der Waals surface area contributed by atoms with E-state index in [0.29, 0.717) is 15.7 Å². The Kier molecular flexibility index (Phi) is 2.42. The summed E-state index contributed by atoms with van der Waals surface area (Å²) in [6.07, 6.45) is 1.58. The Morgan fingerprint density at radius 2 is 2.12 bits per heavy atom. The van der Waals surface area contributed by atoms with E-state index in [2.05, 4.69) is 15.0 Å². The molecule has 0 radical (unpaired) electrons. The monoisotopic (exact) mass is 263 g/mol. The summed E-state index contributed by atoms with van der Waals surface area (Å²) in [5.74, 6) is 0.436. The predicted octanol–water partition coefficient (Wildman–Crippen LogP) is 3.11. The lowest BCUT2D eigenvalue weighted by atomic mass is 10.2. The summed E-state index contributed by atoms with van der Waals surface area (Å²) in [6, 6.07) is 5.25. The lowest BCUT2D eigenvalue weighted by molar-refractivity contribution is 0.461. The van der Waals surface area contributed by atoms with E-state index in [0.717, 1.165) is 11.1 Å². The molecule has 0 bridgehead atoms. The van der Waals surface area contributed by atoms with E-state index >= 15 is 0 Å². The fourth-order valence-electron chi connectivity index (χ4n) is 1.52. The number of halogens is 1. The number of pyridine rings is 1. The van der Waals surface area contributed by atoms with Gasteiger partial charge in [-0.05, 0) is 23.6 Å². The van der Waals surface area contributed by atoms with Gasteiger partial charge in [-0.3, -0.25) is 0 Å². The summed E-state index contributed by atoms with van der Waals surface area (Å²) in [6.45, 7) is 0. The number of fused-ring (bicyclic) bond motifs is 1. The Bertz CT molecular complexity index is 698. The summed E-state index contributed by atoms with van der Waals surface area (Å²) >= 11 is 7.21. The van der Waals surface area contributed by atoms with Gasteiger partial charge in [-0.1, -0.05) is 11.6 Å². The topological polar surface area (TPSA) is 58.9 Å². The number of rotatable bonds is 1. The highest BCUT2D eigenvalue weighted by Crippen LogP contribution is 2.29. The van der Waals surface area contributed by atoms with Crippen molar-refractivity contribution < 1.29 is 5.11 Å². The van der Waals surface area contributed by atoms with Gasteiger partial charge in [0.2, 0.25) is 5.88 Å². The molecule has 0 aliphatic carbocycles. The third-order valence-corrected chi connectivity index (χ3v) is 3.38. The summed E-state index contributed by atoms with van der Waals surface area (Å²) in [7, 11) is 0. The van der Waals surface area contributed by atoms with E-state index < -0.39 is 0 Å². The van der Waals surface area contributed by atoms with Crippen LogP contribution in [-0.4, -0.2) is 20.1 Å². The highest BCUT2D eigenvalue weighted by molar-refractivity contribution is 7.17. The first kappa shape index (κ1) is 10.4. The molecule has 3 aromatic rings. The molecule has 0 spiro atoms. The smallest absolute Gasteiger partial charge is 0.232 e. The first-order chi connectivity index (χ1) is 8.24. The van der Waals surface area contributed by atoms with Crippen LogP contribution >= 0.6 is 22.9 Å². The maximum atomic E-state index is 9.78. The van der Waals surface area contributed by atoms with Gasteiger partial charge < -0.3 is 5.11 Å². The molecule has 0 amide bonds. The second-order valence-electron chi connectivity index (χ2n) is 3.37. The van der Waals surface area contributed by atoms with Crippen LogP contribution in [0.15, 0.2) is 29.8 Å². The van der Waals surface area contributed by atoms with Gasteiger partial charge in [-0.2, -0.15) is 4.98 Å². The minimum Gasteiger partial charge on any atom is -0.492 e. The molecule has 0 fully saturated rings. The van der Waals surface area contributed by atoms with Crippen LogP contribution in [0.4, 0.5) is 0 Å². The minimum absolute atomic E-state index is 0.00654. The molecule has 0 aliphatic heterocycles. The lowest BCUT2D eigenvalue weighted by Gasteiger charge is -2.01. The van der Waals surface area contributed by atoms with E-state index in [-0.39, 0.29) is 5.88 Å². The first-order valence-corrected chi connectivity index (χ1v) is 6.06. The van der Waals surface area contributed by atoms with Crippen molar-refractivity contribution >= 4 is 33.2 Å². The summed E-state index contributed by atoms with van der Waals surface area (Å²) < 4.78 is 0.689. The molecular formula is C11H6ClN3OS. The van der Waals surface area contributed by atoms with E-state index in [9.17, 15) is 5.11 Å². The van der Waals surface area contributed by atoms with Gasteiger partial charge >= 0.3 is 0 Å². The fourth-order valence-corrected chi connectivity index (χ4v) is 2.41. The molecule has 0 atom stereocenters. The summed E-state index contributed by atoms with van der Waals surface area (Å²) in [5, 5.41) is 12.0. The SMILES string of the molecule is Oc1nc(-c2ccnc(Cl)c2)nc2ccsc12. The largest absolute Gasteiger partial charge is 0.492 e. The molecular weight excluding hydrogens is 258 g/mol. The van der Waals surface area contributed by atoms with Crippen LogP contribution in [0.5, 0.6) is 5.88 Å². The molecule has 3 heterocycles. The van der Waals surface area contributed by atoms with Crippen LogP contribution in [0, 0.1) is 0 Å². The number of hydrogen-bond acceptors (Lipinski definition) is 5. The Balaban J connectivity index is 2.23. The molecule has 0 aliphatic rings. The van der Waals surface area contributed by atoms with Gasteiger partial charge in [0.25, 0.3) is 0 Å². The highest BCUT2D eigenvalue weighted by Gasteiger charge is 2.09. The Morgan fingerprint density at radius 1 is 1.24 bits per heavy atom. The standard InChI is InChI=1S/C11H6ClN3OS/c12-8-5-6(1-3-13-8)10-14-7-2-4-17-9(7)11(16)15-10/h1-5H,(H,14,15,16). The normalized spacial score (nSPS) is 10.9. The second kappa shape index (κ2) is 3.94. The van der Waals surface area contributed by atoms with Crippen LogP contribution < -0.4 is 0 Å². The average Bonchev–Trinajstić information content (AvgIpc) is 2.77. The second-order valence-corrected chi connectivity index (χ2v) is 4.68. The molecule has 0 saturated carbocycles. The van der Waals surface area contributed by atoms with Crippen molar-refractivity contribution in [3.05, 3.63) is 34.9 Å². The van der Waals surface area contributed by atoms with Crippen molar-refractivity contribution in [3.63, 3.8) is 0 Å². The number of aromatic hydroxyl groups is 1. The number of hydrogen-bond donors (Lipinski definition) is 1. The van der Waals surface area contributed by atoms with Crippen molar-refractivity contribution in [2.75, 3.05) is 0 Å². The van der Waals surface area contributed by atoms with Crippen molar-refractivity contribution in [2.45, 2.75) is 0 Å². The predicted molar refractivity (Wildman–Crippen MR) is 67.3 cm³/mol. The Morgan fingerprint density at radius 3 is 2.94 bits per heavy atom. The Labute approximate surface area is 106 Å². The number of aromatic nitrogens is 3. The van der Waals surface area contributed by atoms with Gasteiger partial charge in [0.1, 0.15) is 9.85 Å². The zero-order valence-electron chi connectivity index (χ0n) is 8.46. The quantitative estimate of drug-likeness (QED) is 0.686. The molecule has 3 rings (SSSR count). The molecule has 0 unspecified atom stereocenters. The number of thiophene rings is 1. The van der Waals surface area contributed by atoms with Crippen LogP contribution in [0.1, 0.15) is 0 Å². The van der Waals surface area contributed by atoms with Crippen LogP contribution in [-0.2, 0) is 0 Å². The highest BCUT2D eigenvalue weighted by atomic mass is 35.5. The number of nitrogens with zero attached hydrogens (tertiary/aromatic N) is 3. The maximum Gasteiger partial charge on any atom is 0.232 e. The van der Waals surface area contributed by atoms with Crippen LogP contribution in [0.2, 0.25) is 5.15 Å². The molecule has 1 N–H and O–H groups in total. The van der Waals surface area contributed by atoms with Crippen LogP contribution in [0.3, 0.4) is 0 Å². The van der Waals surface area contributed by atoms with Gasteiger partial charge in [0.15, 0.2) is 5.82 Å². The molecule has 84 valence electrons. The zero-order valence-corrected chi connectivity index (χ0v) is 10.0. The van der Waals surface area contributed by atoms with E-state index in [1.165, 1.54) is 11.3 Å². The molecule has 3 aromatic heterocycles. The molecule has 4 nitrogen and oxygen atoms in total. The van der Waals surface area contributed by atoms with Gasteiger partial charge in [-0.25, -0.2) is 9.97 Å². The molecule has 6 heteroatoms. The van der Waals surface area contributed by atoms with Crippen LogP contribution in [0.25, 0.3) is 21.6 Å². The van der Waals surface area contributed by atoms with Crippen molar-refractivity contribution in [1.29, 1.82) is 0 Å². The van der Waals surface area contributed by atoms with E-state index in [4.69, 9.17) is 11.6 Å². The molecule has 0 saturated heterocycles. The van der Waals surface area contributed by atoms with Gasteiger partial charge in [-0.15, -0.1) is 11.3 Å². The van der Waals surface area contributed by atoms with Gasteiger partial charge in [0, 0.05) is 11.8 Å². The maximum absolute atomic E-state index is 9.78. The fraction of sp³-hybridized carbons (Fsp3) is 0.